The molecule has 0 unspecified atom stereocenters. The third-order valence-corrected chi connectivity index (χ3v) is 5.06. The third kappa shape index (κ3) is 3.09. The molecule has 0 aromatic carbocycles. The summed E-state index contributed by atoms with van der Waals surface area (Å²) in [6.45, 7) is 2.18. The highest BCUT2D eigenvalue weighted by atomic mass is 32.2. The summed E-state index contributed by atoms with van der Waals surface area (Å²) in [5, 5.41) is 6.36. The summed E-state index contributed by atoms with van der Waals surface area (Å²) in [4.78, 5) is 0.231. The lowest BCUT2D eigenvalue weighted by Gasteiger charge is -2.25. The summed E-state index contributed by atoms with van der Waals surface area (Å²) in [7, 11) is -3.44. The number of aromatic nitrogens is 2. The Bertz CT molecular complexity index is 489. The van der Waals surface area contributed by atoms with Gasteiger partial charge in [0.05, 0.1) is 11.9 Å². The lowest BCUT2D eigenvalue weighted by atomic mass is 9.87. The van der Waals surface area contributed by atoms with E-state index in [4.69, 9.17) is 5.73 Å². The molecule has 0 radical (unpaired) electrons. The zero-order valence-electron chi connectivity index (χ0n) is 10.5. The minimum atomic E-state index is -3.44. The first-order chi connectivity index (χ1) is 8.49. The minimum Gasteiger partial charge on any atom is -0.328 e. The number of nitrogens with zero attached hydrogens (tertiary/aromatic N) is 1. The summed E-state index contributed by atoms with van der Waals surface area (Å²) in [5.74, 6) is 0.395. The summed E-state index contributed by atoms with van der Waals surface area (Å²) < 4.78 is 26.7. The molecule has 0 atom stereocenters. The molecule has 1 fully saturated rings. The van der Waals surface area contributed by atoms with E-state index in [-0.39, 0.29) is 10.9 Å². The SMILES string of the molecule is Cc1[nH]ncc1S(=O)(=O)NCC1CCC(N)CC1. The van der Waals surface area contributed by atoms with Gasteiger partial charge in [0.15, 0.2) is 0 Å². The molecule has 0 bridgehead atoms. The van der Waals surface area contributed by atoms with Gasteiger partial charge in [0.1, 0.15) is 4.90 Å². The van der Waals surface area contributed by atoms with Gasteiger partial charge in [0.25, 0.3) is 0 Å². The average molecular weight is 272 g/mol. The smallest absolute Gasteiger partial charge is 0.243 e. The fraction of sp³-hybridized carbons (Fsp3) is 0.727. The lowest BCUT2D eigenvalue weighted by Crippen LogP contribution is -2.34. The Morgan fingerprint density at radius 3 is 2.67 bits per heavy atom. The van der Waals surface area contributed by atoms with Crippen LogP contribution in [0.3, 0.4) is 0 Å². The summed E-state index contributed by atoms with van der Waals surface area (Å²) >= 11 is 0. The first kappa shape index (κ1) is 13.5. The average Bonchev–Trinajstić information content (AvgIpc) is 2.76. The van der Waals surface area contributed by atoms with E-state index in [0.29, 0.717) is 18.2 Å². The molecule has 1 saturated carbocycles. The van der Waals surface area contributed by atoms with Gasteiger partial charge in [-0.25, -0.2) is 13.1 Å². The third-order valence-electron chi connectivity index (χ3n) is 3.53. The Labute approximate surface area is 107 Å². The van der Waals surface area contributed by atoms with Crippen molar-refractivity contribution in [3.05, 3.63) is 11.9 Å². The van der Waals surface area contributed by atoms with Crippen molar-refractivity contribution in [1.82, 2.24) is 14.9 Å². The normalized spacial score (nSPS) is 25.2. The van der Waals surface area contributed by atoms with E-state index in [1.54, 1.807) is 6.92 Å². The first-order valence-corrected chi connectivity index (χ1v) is 7.72. The van der Waals surface area contributed by atoms with Crippen LogP contribution in [-0.4, -0.2) is 31.2 Å². The van der Waals surface area contributed by atoms with Crippen molar-refractivity contribution in [2.45, 2.75) is 43.5 Å². The van der Waals surface area contributed by atoms with Crippen molar-refractivity contribution >= 4 is 10.0 Å². The van der Waals surface area contributed by atoms with E-state index >= 15 is 0 Å². The van der Waals surface area contributed by atoms with Gasteiger partial charge in [-0.1, -0.05) is 0 Å². The summed E-state index contributed by atoms with van der Waals surface area (Å²) in [6, 6.07) is 0.286. The van der Waals surface area contributed by atoms with Crippen LogP contribution in [0.4, 0.5) is 0 Å². The maximum Gasteiger partial charge on any atom is 0.243 e. The van der Waals surface area contributed by atoms with Crippen LogP contribution in [0.25, 0.3) is 0 Å². The molecule has 1 aliphatic carbocycles. The number of hydrogen-bond acceptors (Lipinski definition) is 4. The monoisotopic (exact) mass is 272 g/mol. The van der Waals surface area contributed by atoms with Crippen LogP contribution in [0.15, 0.2) is 11.1 Å². The van der Waals surface area contributed by atoms with Crippen molar-refractivity contribution < 1.29 is 8.42 Å². The molecule has 102 valence electrons. The summed E-state index contributed by atoms with van der Waals surface area (Å²) in [6.07, 6.45) is 5.30. The number of aromatic amines is 1. The minimum absolute atomic E-state index is 0.231. The van der Waals surface area contributed by atoms with E-state index < -0.39 is 10.0 Å². The van der Waals surface area contributed by atoms with Crippen molar-refractivity contribution in [2.75, 3.05) is 6.54 Å². The van der Waals surface area contributed by atoms with Gasteiger partial charge in [-0.05, 0) is 38.5 Å². The number of nitrogens with one attached hydrogen (secondary N) is 2. The molecule has 0 aliphatic heterocycles. The van der Waals surface area contributed by atoms with Crippen LogP contribution < -0.4 is 10.5 Å². The quantitative estimate of drug-likeness (QED) is 0.743. The molecular formula is C11H20N4O2S. The molecule has 2 rings (SSSR count). The number of rotatable bonds is 4. The molecule has 18 heavy (non-hydrogen) atoms. The van der Waals surface area contributed by atoms with Crippen LogP contribution in [-0.2, 0) is 10.0 Å². The molecular weight excluding hydrogens is 252 g/mol. The number of nitrogens with two attached hydrogens (primary N) is 1. The highest BCUT2D eigenvalue weighted by Crippen LogP contribution is 2.23. The van der Waals surface area contributed by atoms with Crippen molar-refractivity contribution in [3.63, 3.8) is 0 Å². The molecule has 0 amide bonds. The maximum absolute atomic E-state index is 12.0. The van der Waals surface area contributed by atoms with Gasteiger partial charge in [0.2, 0.25) is 10.0 Å². The molecule has 0 saturated heterocycles. The predicted molar refractivity (Wildman–Crippen MR) is 68.4 cm³/mol. The zero-order chi connectivity index (χ0) is 13.2. The molecule has 1 aromatic heterocycles. The summed E-state index contributed by atoms with van der Waals surface area (Å²) in [5.41, 5.74) is 6.39. The maximum atomic E-state index is 12.0. The molecule has 0 spiro atoms. The second-order valence-electron chi connectivity index (χ2n) is 4.99. The second-order valence-corrected chi connectivity index (χ2v) is 6.73. The van der Waals surface area contributed by atoms with E-state index in [1.165, 1.54) is 6.20 Å². The Balaban J connectivity index is 1.92. The van der Waals surface area contributed by atoms with E-state index in [9.17, 15) is 8.42 Å². The van der Waals surface area contributed by atoms with Crippen LogP contribution >= 0.6 is 0 Å². The Kier molecular flexibility index (Phi) is 4.04. The van der Waals surface area contributed by atoms with E-state index in [1.807, 2.05) is 0 Å². The number of aryl methyl sites for hydroxylation is 1. The molecule has 1 aliphatic rings. The van der Waals surface area contributed by atoms with Crippen LogP contribution in [0.2, 0.25) is 0 Å². The van der Waals surface area contributed by atoms with Crippen molar-refractivity contribution in [1.29, 1.82) is 0 Å². The van der Waals surface area contributed by atoms with Gasteiger partial charge < -0.3 is 5.73 Å². The highest BCUT2D eigenvalue weighted by Gasteiger charge is 2.23. The van der Waals surface area contributed by atoms with Crippen LogP contribution in [0.5, 0.6) is 0 Å². The van der Waals surface area contributed by atoms with Gasteiger partial charge >= 0.3 is 0 Å². The molecule has 6 nitrogen and oxygen atoms in total. The van der Waals surface area contributed by atoms with Crippen molar-refractivity contribution in [3.8, 4) is 0 Å². The predicted octanol–water partition coefficient (Wildman–Crippen LogP) is 0.514. The van der Waals surface area contributed by atoms with Gasteiger partial charge in [0, 0.05) is 12.6 Å². The molecule has 4 N–H and O–H groups in total. The highest BCUT2D eigenvalue weighted by molar-refractivity contribution is 7.89. The Hall–Kier alpha value is -0.920. The van der Waals surface area contributed by atoms with Crippen LogP contribution in [0.1, 0.15) is 31.4 Å². The number of hydrogen-bond donors (Lipinski definition) is 3. The zero-order valence-corrected chi connectivity index (χ0v) is 11.3. The fourth-order valence-corrected chi connectivity index (χ4v) is 3.56. The number of H-pyrrole nitrogens is 1. The largest absolute Gasteiger partial charge is 0.328 e. The molecule has 7 heteroatoms. The second kappa shape index (κ2) is 5.38. The Morgan fingerprint density at radius 1 is 1.44 bits per heavy atom. The van der Waals surface area contributed by atoms with E-state index in [0.717, 1.165) is 25.7 Å². The van der Waals surface area contributed by atoms with Gasteiger partial charge in [-0.3, -0.25) is 5.10 Å². The topological polar surface area (TPSA) is 101 Å². The number of sulfonamides is 1. The van der Waals surface area contributed by atoms with E-state index in [2.05, 4.69) is 14.9 Å². The Morgan fingerprint density at radius 2 is 2.11 bits per heavy atom. The van der Waals surface area contributed by atoms with Gasteiger partial charge in [-0.2, -0.15) is 5.10 Å². The van der Waals surface area contributed by atoms with Crippen molar-refractivity contribution in [2.24, 2.45) is 11.7 Å². The molecule has 1 aromatic rings. The fourth-order valence-electron chi connectivity index (χ4n) is 2.31. The molecule has 1 heterocycles. The lowest BCUT2D eigenvalue weighted by molar-refractivity contribution is 0.326. The standard InChI is InChI=1S/C11H20N4O2S/c1-8-11(7-13-15-8)18(16,17)14-6-9-2-4-10(12)5-3-9/h7,9-10,14H,2-6,12H2,1H3,(H,13,15). The van der Waals surface area contributed by atoms with Crippen LogP contribution in [0, 0.1) is 12.8 Å². The first-order valence-electron chi connectivity index (χ1n) is 6.24. The van der Waals surface area contributed by atoms with Gasteiger partial charge in [-0.15, -0.1) is 0 Å².